The Hall–Kier alpha value is -1.22. The Morgan fingerprint density at radius 3 is 2.56 bits per heavy atom. The molecule has 3 nitrogen and oxygen atoms in total. The van der Waals surface area contributed by atoms with E-state index in [1.54, 1.807) is 0 Å². The summed E-state index contributed by atoms with van der Waals surface area (Å²) in [5, 5.41) is 3.42. The standard InChI is InChI=1S/C15H24N2O/c1-2-18-13-5-10-16-14-6-8-15(9-7-14)17-11-3-4-12-17/h6-9,16H,2-5,10-13H2,1H3. The molecule has 0 bridgehead atoms. The third-order valence-electron chi connectivity index (χ3n) is 3.34. The second-order valence-electron chi connectivity index (χ2n) is 4.72. The molecule has 0 saturated carbocycles. The summed E-state index contributed by atoms with van der Waals surface area (Å²) in [6.45, 7) is 7.08. The van der Waals surface area contributed by atoms with Crippen molar-refractivity contribution < 1.29 is 4.74 Å². The molecule has 0 spiro atoms. The van der Waals surface area contributed by atoms with E-state index in [2.05, 4.69) is 34.5 Å². The second-order valence-corrected chi connectivity index (χ2v) is 4.72. The average Bonchev–Trinajstić information content (AvgIpc) is 2.93. The van der Waals surface area contributed by atoms with Crippen molar-refractivity contribution in [1.29, 1.82) is 0 Å². The summed E-state index contributed by atoms with van der Waals surface area (Å²) < 4.78 is 5.31. The zero-order chi connectivity index (χ0) is 12.6. The number of nitrogens with zero attached hydrogens (tertiary/aromatic N) is 1. The molecule has 1 aliphatic heterocycles. The summed E-state index contributed by atoms with van der Waals surface area (Å²) in [6, 6.07) is 8.79. The van der Waals surface area contributed by atoms with Gasteiger partial charge >= 0.3 is 0 Å². The third-order valence-corrected chi connectivity index (χ3v) is 3.34. The van der Waals surface area contributed by atoms with Crippen LogP contribution in [0.5, 0.6) is 0 Å². The Labute approximate surface area is 110 Å². The van der Waals surface area contributed by atoms with Crippen LogP contribution in [0.15, 0.2) is 24.3 Å². The zero-order valence-corrected chi connectivity index (χ0v) is 11.3. The van der Waals surface area contributed by atoms with Crippen LogP contribution >= 0.6 is 0 Å². The van der Waals surface area contributed by atoms with Crippen LogP contribution in [0.25, 0.3) is 0 Å². The maximum absolute atomic E-state index is 5.31. The molecule has 1 N–H and O–H groups in total. The van der Waals surface area contributed by atoms with E-state index >= 15 is 0 Å². The van der Waals surface area contributed by atoms with Gasteiger partial charge in [0.05, 0.1) is 0 Å². The summed E-state index contributed by atoms with van der Waals surface area (Å²) >= 11 is 0. The number of rotatable bonds is 7. The molecule has 1 fully saturated rings. The zero-order valence-electron chi connectivity index (χ0n) is 11.3. The third kappa shape index (κ3) is 3.91. The lowest BCUT2D eigenvalue weighted by molar-refractivity contribution is 0.147. The normalized spacial score (nSPS) is 15.1. The van der Waals surface area contributed by atoms with Crippen LogP contribution < -0.4 is 10.2 Å². The summed E-state index contributed by atoms with van der Waals surface area (Å²) in [6.07, 6.45) is 3.72. The molecule has 0 amide bonds. The lowest BCUT2D eigenvalue weighted by atomic mass is 10.2. The number of ether oxygens (including phenoxy) is 1. The first-order valence-electron chi connectivity index (χ1n) is 7.07. The van der Waals surface area contributed by atoms with Crippen molar-refractivity contribution in [3.63, 3.8) is 0 Å². The van der Waals surface area contributed by atoms with E-state index in [-0.39, 0.29) is 0 Å². The van der Waals surface area contributed by atoms with Crippen LogP contribution in [0.4, 0.5) is 11.4 Å². The van der Waals surface area contributed by atoms with E-state index in [0.717, 1.165) is 26.2 Å². The van der Waals surface area contributed by atoms with Gasteiger partial charge in [-0.1, -0.05) is 0 Å². The minimum Gasteiger partial charge on any atom is -0.385 e. The average molecular weight is 248 g/mol. The predicted octanol–water partition coefficient (Wildman–Crippen LogP) is 3.13. The molecule has 1 aromatic carbocycles. The van der Waals surface area contributed by atoms with E-state index in [1.807, 2.05) is 6.92 Å². The van der Waals surface area contributed by atoms with Crippen LogP contribution in [0.1, 0.15) is 26.2 Å². The monoisotopic (exact) mass is 248 g/mol. The maximum Gasteiger partial charge on any atom is 0.0482 e. The number of benzene rings is 1. The molecule has 2 rings (SSSR count). The number of anilines is 2. The Kier molecular flexibility index (Phi) is 5.34. The van der Waals surface area contributed by atoms with Crippen molar-refractivity contribution in [3.05, 3.63) is 24.3 Å². The van der Waals surface area contributed by atoms with Gasteiger partial charge in [-0.3, -0.25) is 0 Å². The fourth-order valence-electron chi connectivity index (χ4n) is 2.32. The molecule has 18 heavy (non-hydrogen) atoms. The lowest BCUT2D eigenvalue weighted by Gasteiger charge is -2.18. The highest BCUT2D eigenvalue weighted by Gasteiger charge is 2.11. The van der Waals surface area contributed by atoms with Gasteiger partial charge in [-0.2, -0.15) is 0 Å². The van der Waals surface area contributed by atoms with Crippen molar-refractivity contribution in [2.75, 3.05) is 43.1 Å². The van der Waals surface area contributed by atoms with Gasteiger partial charge < -0.3 is 15.0 Å². The largest absolute Gasteiger partial charge is 0.385 e. The van der Waals surface area contributed by atoms with Crippen molar-refractivity contribution >= 4 is 11.4 Å². The molecule has 1 saturated heterocycles. The highest BCUT2D eigenvalue weighted by Crippen LogP contribution is 2.21. The summed E-state index contributed by atoms with van der Waals surface area (Å²) in [5.74, 6) is 0. The fourth-order valence-corrected chi connectivity index (χ4v) is 2.32. The van der Waals surface area contributed by atoms with Crippen LogP contribution in [0, 0.1) is 0 Å². The van der Waals surface area contributed by atoms with Gasteiger partial charge in [0.2, 0.25) is 0 Å². The summed E-state index contributed by atoms with van der Waals surface area (Å²) in [7, 11) is 0. The molecule has 0 aromatic heterocycles. The van der Waals surface area contributed by atoms with Crippen molar-refractivity contribution in [2.45, 2.75) is 26.2 Å². The van der Waals surface area contributed by atoms with Gasteiger partial charge in [-0.05, 0) is 50.5 Å². The molecule has 1 aliphatic rings. The van der Waals surface area contributed by atoms with E-state index in [0.29, 0.717) is 0 Å². The first kappa shape index (κ1) is 13.2. The first-order chi connectivity index (χ1) is 8.90. The number of hydrogen-bond donors (Lipinski definition) is 1. The van der Waals surface area contributed by atoms with Gasteiger partial charge in [0, 0.05) is 44.2 Å². The molecule has 1 heterocycles. The fraction of sp³-hybridized carbons (Fsp3) is 0.600. The quantitative estimate of drug-likeness (QED) is 0.750. The van der Waals surface area contributed by atoms with Crippen molar-refractivity contribution in [1.82, 2.24) is 0 Å². The minimum absolute atomic E-state index is 0.810. The molecule has 0 unspecified atom stereocenters. The van der Waals surface area contributed by atoms with Gasteiger partial charge in [0.1, 0.15) is 0 Å². The lowest BCUT2D eigenvalue weighted by Crippen LogP contribution is -2.17. The van der Waals surface area contributed by atoms with Crippen molar-refractivity contribution in [2.24, 2.45) is 0 Å². The molecular formula is C15H24N2O. The molecule has 0 atom stereocenters. The van der Waals surface area contributed by atoms with Crippen molar-refractivity contribution in [3.8, 4) is 0 Å². The first-order valence-corrected chi connectivity index (χ1v) is 7.07. The molecule has 100 valence electrons. The van der Waals surface area contributed by atoms with E-state index in [4.69, 9.17) is 4.74 Å². The maximum atomic E-state index is 5.31. The number of nitrogens with one attached hydrogen (secondary N) is 1. The Morgan fingerprint density at radius 2 is 1.89 bits per heavy atom. The van der Waals surface area contributed by atoms with Crippen LogP contribution in [0.3, 0.4) is 0 Å². The van der Waals surface area contributed by atoms with Gasteiger partial charge in [0.25, 0.3) is 0 Å². The SMILES string of the molecule is CCOCCCNc1ccc(N2CCCC2)cc1. The predicted molar refractivity (Wildman–Crippen MR) is 77.5 cm³/mol. The Balaban J connectivity index is 1.73. The minimum atomic E-state index is 0.810. The highest BCUT2D eigenvalue weighted by molar-refractivity contribution is 5.55. The Morgan fingerprint density at radius 1 is 1.17 bits per heavy atom. The van der Waals surface area contributed by atoms with E-state index in [1.165, 1.54) is 37.3 Å². The van der Waals surface area contributed by atoms with Crippen LogP contribution in [0.2, 0.25) is 0 Å². The van der Waals surface area contributed by atoms with Crippen LogP contribution in [-0.2, 0) is 4.74 Å². The van der Waals surface area contributed by atoms with Gasteiger partial charge in [-0.25, -0.2) is 0 Å². The molecule has 0 aliphatic carbocycles. The van der Waals surface area contributed by atoms with Gasteiger partial charge in [0.15, 0.2) is 0 Å². The second kappa shape index (κ2) is 7.27. The summed E-state index contributed by atoms with van der Waals surface area (Å²) in [5.41, 5.74) is 2.56. The highest BCUT2D eigenvalue weighted by atomic mass is 16.5. The number of hydrogen-bond acceptors (Lipinski definition) is 3. The van der Waals surface area contributed by atoms with E-state index < -0.39 is 0 Å². The van der Waals surface area contributed by atoms with E-state index in [9.17, 15) is 0 Å². The van der Waals surface area contributed by atoms with Gasteiger partial charge in [-0.15, -0.1) is 0 Å². The molecule has 1 aromatic rings. The Bertz CT molecular complexity index is 331. The molecule has 0 radical (unpaired) electrons. The van der Waals surface area contributed by atoms with Crippen LogP contribution in [-0.4, -0.2) is 32.8 Å². The molecular weight excluding hydrogens is 224 g/mol. The smallest absolute Gasteiger partial charge is 0.0482 e. The summed E-state index contributed by atoms with van der Waals surface area (Å²) in [4.78, 5) is 2.46. The molecule has 3 heteroatoms. The topological polar surface area (TPSA) is 24.5 Å².